The molecule has 0 radical (unpaired) electrons. The van der Waals surface area contributed by atoms with Crippen LogP contribution in [0.4, 0.5) is 14.7 Å². The van der Waals surface area contributed by atoms with Gasteiger partial charge in [-0.3, -0.25) is 0 Å². The maximum Gasteiger partial charge on any atom is 0.255 e. The van der Waals surface area contributed by atoms with Gasteiger partial charge in [0.05, 0.1) is 6.54 Å². The molecule has 1 N–H and O–H groups in total. The quantitative estimate of drug-likeness (QED) is 0.711. The summed E-state index contributed by atoms with van der Waals surface area (Å²) in [5.74, 6) is 0.445. The second-order valence-electron chi connectivity index (χ2n) is 2.46. The minimum absolute atomic E-state index is 0.381. The van der Waals surface area contributed by atoms with Crippen LogP contribution in [0.15, 0.2) is 25.0 Å². The molecule has 0 saturated heterocycles. The van der Waals surface area contributed by atoms with Gasteiger partial charge in [0.1, 0.15) is 0 Å². The molecule has 0 saturated carbocycles. The van der Waals surface area contributed by atoms with Gasteiger partial charge >= 0.3 is 0 Å². The Kier molecular flexibility index (Phi) is 3.42. The molecule has 0 spiro atoms. The molecule has 72 valence electrons. The molecular formula is C8H11F2N3. The maximum atomic E-state index is 11.8. The first-order valence-corrected chi connectivity index (χ1v) is 3.88. The highest BCUT2D eigenvalue weighted by molar-refractivity contribution is 5.26. The maximum absolute atomic E-state index is 11.8. The fourth-order valence-electron chi connectivity index (χ4n) is 0.931. The summed E-state index contributed by atoms with van der Waals surface area (Å²) in [5, 5.41) is 2.53. The lowest BCUT2D eigenvalue weighted by molar-refractivity contribution is 0.163. The van der Waals surface area contributed by atoms with E-state index in [2.05, 4.69) is 16.9 Å². The van der Waals surface area contributed by atoms with Crippen molar-refractivity contribution in [3.05, 3.63) is 25.0 Å². The van der Waals surface area contributed by atoms with Crippen LogP contribution >= 0.6 is 0 Å². The Labute approximate surface area is 75.1 Å². The first kappa shape index (κ1) is 9.70. The molecule has 0 bridgehead atoms. The molecule has 1 aromatic rings. The van der Waals surface area contributed by atoms with E-state index >= 15 is 0 Å². The minimum Gasteiger partial charge on any atom is -0.350 e. The highest BCUT2D eigenvalue weighted by Gasteiger charge is 2.04. The van der Waals surface area contributed by atoms with E-state index in [9.17, 15) is 8.78 Å². The van der Waals surface area contributed by atoms with Crippen LogP contribution in [-0.2, 0) is 6.54 Å². The average molecular weight is 187 g/mol. The lowest BCUT2D eigenvalue weighted by Gasteiger charge is -2.06. The van der Waals surface area contributed by atoms with E-state index in [1.54, 1.807) is 23.0 Å². The van der Waals surface area contributed by atoms with Crippen molar-refractivity contribution < 1.29 is 8.78 Å². The molecule has 13 heavy (non-hydrogen) atoms. The number of aromatic nitrogens is 2. The van der Waals surface area contributed by atoms with E-state index in [0.29, 0.717) is 12.5 Å². The zero-order valence-corrected chi connectivity index (χ0v) is 7.08. The standard InChI is InChI=1S/C8H11F2N3/c1-2-4-13-5-3-11-8(13)12-6-7(9)10/h2-3,5,7H,1,4,6H2,(H,11,12). The summed E-state index contributed by atoms with van der Waals surface area (Å²) in [6, 6.07) is 0. The van der Waals surface area contributed by atoms with Crippen molar-refractivity contribution >= 4 is 5.95 Å². The monoisotopic (exact) mass is 187 g/mol. The zero-order valence-electron chi connectivity index (χ0n) is 7.08. The van der Waals surface area contributed by atoms with Gasteiger partial charge in [-0.1, -0.05) is 6.08 Å². The molecule has 3 nitrogen and oxygen atoms in total. The average Bonchev–Trinajstić information content (AvgIpc) is 2.49. The molecule has 0 fully saturated rings. The third-order valence-electron chi connectivity index (χ3n) is 1.46. The number of hydrogen-bond acceptors (Lipinski definition) is 2. The number of alkyl halides is 2. The van der Waals surface area contributed by atoms with Crippen LogP contribution in [0.25, 0.3) is 0 Å². The lowest BCUT2D eigenvalue weighted by atomic mass is 10.6. The van der Waals surface area contributed by atoms with Gasteiger partial charge in [0, 0.05) is 18.9 Å². The molecule has 1 aromatic heterocycles. The predicted octanol–water partition coefficient (Wildman–Crippen LogP) is 1.75. The smallest absolute Gasteiger partial charge is 0.255 e. The molecule has 0 aliphatic heterocycles. The Morgan fingerprint density at radius 3 is 3.08 bits per heavy atom. The Morgan fingerprint density at radius 2 is 2.46 bits per heavy atom. The van der Waals surface area contributed by atoms with Crippen molar-refractivity contribution in [3.63, 3.8) is 0 Å². The summed E-state index contributed by atoms with van der Waals surface area (Å²) in [6.45, 7) is 3.73. The van der Waals surface area contributed by atoms with Crippen LogP contribution in [0.3, 0.4) is 0 Å². The number of halogens is 2. The summed E-state index contributed by atoms with van der Waals surface area (Å²) in [7, 11) is 0. The van der Waals surface area contributed by atoms with Crippen LogP contribution < -0.4 is 5.32 Å². The fraction of sp³-hybridized carbons (Fsp3) is 0.375. The summed E-state index contributed by atoms with van der Waals surface area (Å²) >= 11 is 0. The first-order valence-electron chi connectivity index (χ1n) is 3.88. The van der Waals surface area contributed by atoms with Crippen molar-refractivity contribution in [3.8, 4) is 0 Å². The van der Waals surface area contributed by atoms with Crippen LogP contribution in [0.5, 0.6) is 0 Å². The normalized spacial score (nSPS) is 10.4. The van der Waals surface area contributed by atoms with E-state index in [0.717, 1.165) is 0 Å². The second kappa shape index (κ2) is 4.59. The van der Waals surface area contributed by atoms with Gasteiger partial charge in [0.15, 0.2) is 0 Å². The van der Waals surface area contributed by atoms with Crippen LogP contribution in [0, 0.1) is 0 Å². The third kappa shape index (κ3) is 2.85. The number of anilines is 1. The van der Waals surface area contributed by atoms with E-state index in [1.165, 1.54) is 0 Å². The molecule has 1 heterocycles. The third-order valence-corrected chi connectivity index (χ3v) is 1.46. The molecule has 0 unspecified atom stereocenters. The van der Waals surface area contributed by atoms with Gasteiger partial charge in [-0.2, -0.15) is 0 Å². The van der Waals surface area contributed by atoms with Crippen molar-refractivity contribution in [2.45, 2.75) is 13.0 Å². The number of imidazole rings is 1. The van der Waals surface area contributed by atoms with Crippen molar-refractivity contribution in [1.82, 2.24) is 9.55 Å². The van der Waals surface area contributed by atoms with Gasteiger partial charge < -0.3 is 9.88 Å². The van der Waals surface area contributed by atoms with Gasteiger partial charge in [0.25, 0.3) is 6.43 Å². The van der Waals surface area contributed by atoms with Crippen LogP contribution in [0.1, 0.15) is 0 Å². The SMILES string of the molecule is C=CCn1ccnc1NCC(F)F. The van der Waals surface area contributed by atoms with Crippen molar-refractivity contribution in [2.75, 3.05) is 11.9 Å². The first-order chi connectivity index (χ1) is 6.24. The van der Waals surface area contributed by atoms with E-state index in [4.69, 9.17) is 0 Å². The summed E-state index contributed by atoms with van der Waals surface area (Å²) < 4.78 is 25.4. The number of rotatable bonds is 5. The second-order valence-corrected chi connectivity index (χ2v) is 2.46. The predicted molar refractivity (Wildman–Crippen MR) is 46.9 cm³/mol. The van der Waals surface area contributed by atoms with Gasteiger partial charge in [-0.05, 0) is 0 Å². The minimum atomic E-state index is -2.37. The summed E-state index contributed by atoms with van der Waals surface area (Å²) in [5.41, 5.74) is 0. The molecule has 0 aliphatic rings. The Morgan fingerprint density at radius 1 is 1.69 bits per heavy atom. The molecule has 0 aromatic carbocycles. The number of nitrogens with one attached hydrogen (secondary N) is 1. The Bertz CT molecular complexity index is 270. The van der Waals surface area contributed by atoms with Crippen molar-refractivity contribution in [1.29, 1.82) is 0 Å². The number of nitrogens with zero attached hydrogens (tertiary/aromatic N) is 2. The Balaban J connectivity index is 2.54. The largest absolute Gasteiger partial charge is 0.350 e. The molecule has 0 aliphatic carbocycles. The molecule has 1 rings (SSSR count). The van der Waals surface area contributed by atoms with Gasteiger partial charge in [-0.15, -0.1) is 6.58 Å². The van der Waals surface area contributed by atoms with Crippen LogP contribution in [-0.4, -0.2) is 22.5 Å². The van der Waals surface area contributed by atoms with Crippen LogP contribution in [0.2, 0.25) is 0 Å². The fourth-order valence-corrected chi connectivity index (χ4v) is 0.931. The van der Waals surface area contributed by atoms with Crippen molar-refractivity contribution in [2.24, 2.45) is 0 Å². The van der Waals surface area contributed by atoms with E-state index in [1.807, 2.05) is 0 Å². The van der Waals surface area contributed by atoms with Gasteiger partial charge in [-0.25, -0.2) is 13.8 Å². The topological polar surface area (TPSA) is 29.9 Å². The summed E-state index contributed by atoms with van der Waals surface area (Å²) in [6.07, 6.45) is 2.57. The lowest BCUT2D eigenvalue weighted by Crippen LogP contribution is -2.14. The number of hydrogen-bond donors (Lipinski definition) is 1. The molecule has 0 atom stereocenters. The van der Waals surface area contributed by atoms with E-state index < -0.39 is 6.43 Å². The highest BCUT2D eigenvalue weighted by atomic mass is 19.3. The van der Waals surface area contributed by atoms with Gasteiger partial charge in [0.2, 0.25) is 5.95 Å². The molecule has 0 amide bonds. The van der Waals surface area contributed by atoms with E-state index in [-0.39, 0.29) is 6.54 Å². The Hall–Kier alpha value is -1.39. The number of allylic oxidation sites excluding steroid dienone is 1. The highest BCUT2D eigenvalue weighted by Crippen LogP contribution is 2.04. The zero-order chi connectivity index (χ0) is 9.68. The molecule has 5 heteroatoms. The summed E-state index contributed by atoms with van der Waals surface area (Å²) in [4.78, 5) is 3.88. The molecular weight excluding hydrogens is 176 g/mol.